The topological polar surface area (TPSA) is 63.1 Å². The summed E-state index contributed by atoms with van der Waals surface area (Å²) in [5.74, 6) is 1.23. The SMILES string of the molecule is COc1cc(OC)nc(/N=C/N2CCN(C)CC2)n1. The average Bonchev–Trinajstić information content (AvgIpc) is 2.46. The number of ether oxygens (including phenoxy) is 2. The van der Waals surface area contributed by atoms with E-state index in [1.54, 1.807) is 26.6 Å². The number of aliphatic imine (C=N–C) groups is 1. The largest absolute Gasteiger partial charge is 0.481 e. The standard InChI is InChI=1S/C12H19N5O2/c1-16-4-6-17(7-5-16)9-13-12-14-10(18-2)8-11(15-12)19-3/h8-9H,4-7H2,1-3H3/b13-9+. The number of nitrogens with zero attached hydrogens (tertiary/aromatic N) is 5. The van der Waals surface area contributed by atoms with Crippen molar-refractivity contribution in [3.63, 3.8) is 0 Å². The Bertz CT molecular complexity index is 421. The molecule has 1 aliphatic rings. The molecule has 7 heteroatoms. The highest BCUT2D eigenvalue weighted by Crippen LogP contribution is 2.18. The molecule has 2 heterocycles. The molecule has 104 valence electrons. The zero-order valence-corrected chi connectivity index (χ0v) is 11.5. The van der Waals surface area contributed by atoms with Crippen LogP contribution in [0, 0.1) is 0 Å². The molecule has 0 saturated carbocycles. The van der Waals surface area contributed by atoms with E-state index in [0.29, 0.717) is 17.7 Å². The first-order valence-electron chi connectivity index (χ1n) is 6.15. The second-order valence-corrected chi connectivity index (χ2v) is 4.34. The molecule has 0 atom stereocenters. The number of methoxy groups -OCH3 is 2. The summed E-state index contributed by atoms with van der Waals surface area (Å²) in [4.78, 5) is 17.0. The molecular weight excluding hydrogens is 246 g/mol. The molecule has 0 unspecified atom stereocenters. The van der Waals surface area contributed by atoms with Crippen LogP contribution >= 0.6 is 0 Å². The van der Waals surface area contributed by atoms with Gasteiger partial charge in [0, 0.05) is 26.2 Å². The molecule has 19 heavy (non-hydrogen) atoms. The van der Waals surface area contributed by atoms with Crippen LogP contribution in [0.4, 0.5) is 5.95 Å². The number of likely N-dealkylation sites (N-methyl/N-ethyl adjacent to an activating group) is 1. The van der Waals surface area contributed by atoms with Gasteiger partial charge in [-0.2, -0.15) is 9.97 Å². The average molecular weight is 265 g/mol. The van der Waals surface area contributed by atoms with Crippen LogP contribution in [0.15, 0.2) is 11.1 Å². The van der Waals surface area contributed by atoms with Gasteiger partial charge in [-0.15, -0.1) is 0 Å². The van der Waals surface area contributed by atoms with Crippen molar-refractivity contribution in [1.82, 2.24) is 19.8 Å². The first-order valence-corrected chi connectivity index (χ1v) is 6.15. The Kier molecular flexibility index (Phi) is 4.51. The van der Waals surface area contributed by atoms with E-state index in [9.17, 15) is 0 Å². The molecule has 0 aromatic carbocycles. The molecule has 0 spiro atoms. The highest BCUT2D eigenvalue weighted by atomic mass is 16.5. The zero-order chi connectivity index (χ0) is 13.7. The lowest BCUT2D eigenvalue weighted by molar-refractivity contribution is 0.219. The van der Waals surface area contributed by atoms with Crippen molar-refractivity contribution >= 4 is 12.3 Å². The van der Waals surface area contributed by atoms with Crippen molar-refractivity contribution in [2.75, 3.05) is 47.4 Å². The maximum absolute atomic E-state index is 5.08. The van der Waals surface area contributed by atoms with Crippen LogP contribution in [0.2, 0.25) is 0 Å². The smallest absolute Gasteiger partial charge is 0.257 e. The van der Waals surface area contributed by atoms with Crippen LogP contribution in [-0.2, 0) is 0 Å². The molecule has 1 aromatic heterocycles. The van der Waals surface area contributed by atoms with Crippen molar-refractivity contribution in [3.8, 4) is 11.8 Å². The van der Waals surface area contributed by atoms with E-state index >= 15 is 0 Å². The monoisotopic (exact) mass is 265 g/mol. The first-order chi connectivity index (χ1) is 9.21. The minimum atomic E-state index is 0.343. The molecule has 0 aliphatic carbocycles. The van der Waals surface area contributed by atoms with Gasteiger partial charge in [-0.25, -0.2) is 4.99 Å². The van der Waals surface area contributed by atoms with Crippen LogP contribution in [0.25, 0.3) is 0 Å². The van der Waals surface area contributed by atoms with Gasteiger partial charge in [0.2, 0.25) is 11.8 Å². The summed E-state index contributed by atoms with van der Waals surface area (Å²) >= 11 is 0. The molecule has 0 bridgehead atoms. The van der Waals surface area contributed by atoms with E-state index in [2.05, 4.69) is 31.8 Å². The fourth-order valence-corrected chi connectivity index (χ4v) is 1.73. The summed E-state index contributed by atoms with van der Waals surface area (Å²) in [6, 6.07) is 1.62. The maximum atomic E-state index is 5.08. The summed E-state index contributed by atoms with van der Waals surface area (Å²) in [6.45, 7) is 3.99. The third-order valence-corrected chi connectivity index (χ3v) is 2.96. The van der Waals surface area contributed by atoms with Crippen LogP contribution in [0.5, 0.6) is 11.8 Å². The highest BCUT2D eigenvalue weighted by Gasteiger charge is 2.11. The van der Waals surface area contributed by atoms with E-state index < -0.39 is 0 Å². The van der Waals surface area contributed by atoms with Gasteiger partial charge in [-0.05, 0) is 7.05 Å². The van der Waals surface area contributed by atoms with Crippen molar-refractivity contribution in [1.29, 1.82) is 0 Å². The zero-order valence-electron chi connectivity index (χ0n) is 11.5. The number of rotatable bonds is 4. The van der Waals surface area contributed by atoms with Crippen molar-refractivity contribution in [3.05, 3.63) is 6.07 Å². The third kappa shape index (κ3) is 3.78. The lowest BCUT2D eigenvalue weighted by Gasteiger charge is -2.30. The van der Waals surface area contributed by atoms with E-state index in [4.69, 9.17) is 9.47 Å². The van der Waals surface area contributed by atoms with Gasteiger partial charge in [0.05, 0.1) is 26.6 Å². The molecule has 1 aliphatic heterocycles. The third-order valence-electron chi connectivity index (χ3n) is 2.96. The number of aromatic nitrogens is 2. The summed E-state index contributed by atoms with van der Waals surface area (Å²) < 4.78 is 10.2. The molecule has 0 N–H and O–H groups in total. The maximum Gasteiger partial charge on any atom is 0.257 e. The molecule has 0 radical (unpaired) electrons. The Morgan fingerprint density at radius 2 is 1.68 bits per heavy atom. The van der Waals surface area contributed by atoms with Crippen LogP contribution in [0.3, 0.4) is 0 Å². The van der Waals surface area contributed by atoms with Gasteiger partial charge < -0.3 is 19.3 Å². The van der Waals surface area contributed by atoms with E-state index in [-0.39, 0.29) is 0 Å². The van der Waals surface area contributed by atoms with Gasteiger partial charge in [0.1, 0.15) is 0 Å². The van der Waals surface area contributed by atoms with E-state index in [1.807, 2.05) is 0 Å². The minimum absolute atomic E-state index is 0.343. The van der Waals surface area contributed by atoms with E-state index in [0.717, 1.165) is 26.2 Å². The molecule has 2 rings (SSSR count). The molecular formula is C12H19N5O2. The predicted octanol–water partition coefficient (Wildman–Crippen LogP) is 0.401. The summed E-state index contributed by atoms with van der Waals surface area (Å²) in [5, 5.41) is 0. The Hall–Kier alpha value is -1.89. The van der Waals surface area contributed by atoms with Gasteiger partial charge in [-0.3, -0.25) is 0 Å². The Morgan fingerprint density at radius 3 is 2.21 bits per heavy atom. The van der Waals surface area contributed by atoms with Crippen LogP contribution < -0.4 is 9.47 Å². The Balaban J connectivity index is 2.05. The second-order valence-electron chi connectivity index (χ2n) is 4.34. The van der Waals surface area contributed by atoms with Crippen LogP contribution in [-0.4, -0.2) is 73.6 Å². The number of hydrogen-bond donors (Lipinski definition) is 0. The number of piperazine rings is 1. The van der Waals surface area contributed by atoms with E-state index in [1.165, 1.54) is 0 Å². The first kappa shape index (κ1) is 13.5. The van der Waals surface area contributed by atoms with Crippen LogP contribution in [0.1, 0.15) is 0 Å². The summed E-state index contributed by atoms with van der Waals surface area (Å²) in [6.07, 6.45) is 1.78. The lowest BCUT2D eigenvalue weighted by Crippen LogP contribution is -2.43. The lowest BCUT2D eigenvalue weighted by atomic mass is 10.3. The number of hydrogen-bond acceptors (Lipinski definition) is 6. The van der Waals surface area contributed by atoms with Gasteiger partial charge in [-0.1, -0.05) is 0 Å². The normalized spacial score (nSPS) is 16.9. The fraction of sp³-hybridized carbons (Fsp3) is 0.583. The van der Waals surface area contributed by atoms with Gasteiger partial charge >= 0.3 is 0 Å². The second kappa shape index (κ2) is 6.33. The predicted molar refractivity (Wildman–Crippen MR) is 72.4 cm³/mol. The van der Waals surface area contributed by atoms with Crippen molar-refractivity contribution < 1.29 is 9.47 Å². The molecule has 1 fully saturated rings. The van der Waals surface area contributed by atoms with Crippen molar-refractivity contribution in [2.45, 2.75) is 0 Å². The Labute approximate surface area is 112 Å². The van der Waals surface area contributed by atoms with Gasteiger partial charge in [0.25, 0.3) is 5.95 Å². The Morgan fingerprint density at radius 1 is 1.11 bits per heavy atom. The van der Waals surface area contributed by atoms with Crippen molar-refractivity contribution in [2.24, 2.45) is 4.99 Å². The molecule has 1 saturated heterocycles. The minimum Gasteiger partial charge on any atom is -0.481 e. The summed E-state index contributed by atoms with van der Waals surface area (Å²) in [5.41, 5.74) is 0. The summed E-state index contributed by atoms with van der Waals surface area (Å²) in [7, 11) is 5.22. The molecule has 1 aromatic rings. The van der Waals surface area contributed by atoms with Gasteiger partial charge in [0.15, 0.2) is 0 Å². The quantitative estimate of drug-likeness (QED) is 0.580. The highest BCUT2D eigenvalue weighted by molar-refractivity contribution is 5.59. The molecule has 0 amide bonds. The fourth-order valence-electron chi connectivity index (χ4n) is 1.73. The molecule has 7 nitrogen and oxygen atoms in total.